The highest BCUT2D eigenvalue weighted by Crippen LogP contribution is 2.38. The third-order valence-electron chi connectivity index (χ3n) is 2.66. The number of aromatic nitrogens is 1. The Hall–Kier alpha value is -1.30. The van der Waals surface area contributed by atoms with Gasteiger partial charge in [-0.25, -0.2) is 4.98 Å². The van der Waals surface area contributed by atoms with E-state index >= 15 is 0 Å². The molecule has 1 unspecified atom stereocenters. The van der Waals surface area contributed by atoms with E-state index in [0.717, 1.165) is 16.3 Å². The Morgan fingerprint density at radius 1 is 1.26 bits per heavy atom. The first kappa shape index (κ1) is 14.1. The van der Waals surface area contributed by atoms with E-state index in [9.17, 15) is 0 Å². The molecule has 1 aromatic heterocycles. The lowest BCUT2D eigenvalue weighted by molar-refractivity contribution is 0.395. The van der Waals surface area contributed by atoms with Gasteiger partial charge in [-0.1, -0.05) is 11.6 Å². The Labute approximate surface area is 121 Å². The number of methoxy groups -OCH3 is 2. The van der Waals surface area contributed by atoms with Crippen molar-refractivity contribution in [2.45, 2.75) is 13.0 Å². The molecule has 0 saturated heterocycles. The highest BCUT2D eigenvalue weighted by molar-refractivity contribution is 7.10. The number of halogens is 1. The second kappa shape index (κ2) is 5.77. The van der Waals surface area contributed by atoms with Crippen molar-refractivity contribution in [2.24, 2.45) is 5.73 Å². The molecule has 0 aliphatic heterocycles. The lowest BCUT2D eigenvalue weighted by Gasteiger charge is -2.10. The summed E-state index contributed by atoms with van der Waals surface area (Å²) in [6.45, 7) is 1.90. The highest BCUT2D eigenvalue weighted by Gasteiger charge is 2.15. The lowest BCUT2D eigenvalue weighted by atomic mass is 10.1. The van der Waals surface area contributed by atoms with E-state index in [-0.39, 0.29) is 6.04 Å². The van der Waals surface area contributed by atoms with E-state index in [2.05, 4.69) is 4.98 Å². The zero-order chi connectivity index (χ0) is 14.0. The molecule has 1 atom stereocenters. The fraction of sp³-hybridized carbons (Fsp3) is 0.308. The van der Waals surface area contributed by atoms with Crippen molar-refractivity contribution in [3.05, 3.63) is 27.5 Å². The number of thiazole rings is 1. The van der Waals surface area contributed by atoms with Crippen molar-refractivity contribution in [2.75, 3.05) is 14.2 Å². The molecule has 1 heterocycles. The molecule has 2 N–H and O–H groups in total. The second-order valence-electron chi connectivity index (χ2n) is 4.05. The summed E-state index contributed by atoms with van der Waals surface area (Å²) in [7, 11) is 3.17. The molecule has 0 spiro atoms. The van der Waals surface area contributed by atoms with Gasteiger partial charge in [0, 0.05) is 17.0 Å². The van der Waals surface area contributed by atoms with Crippen molar-refractivity contribution in [3.8, 4) is 22.8 Å². The molecule has 4 nitrogen and oxygen atoms in total. The largest absolute Gasteiger partial charge is 0.496 e. The van der Waals surface area contributed by atoms with Crippen LogP contribution in [0, 0.1) is 0 Å². The molecule has 0 radical (unpaired) electrons. The van der Waals surface area contributed by atoms with Crippen LogP contribution in [0.25, 0.3) is 11.3 Å². The van der Waals surface area contributed by atoms with Crippen LogP contribution in [-0.2, 0) is 0 Å². The van der Waals surface area contributed by atoms with Gasteiger partial charge in [-0.05, 0) is 13.0 Å². The van der Waals surface area contributed by atoms with Crippen LogP contribution in [0.3, 0.4) is 0 Å². The molecule has 19 heavy (non-hydrogen) atoms. The summed E-state index contributed by atoms with van der Waals surface area (Å²) in [5.41, 5.74) is 7.46. The molecule has 0 aliphatic carbocycles. The lowest BCUT2D eigenvalue weighted by Crippen LogP contribution is -2.04. The molecule has 0 amide bonds. The molecule has 2 rings (SSSR count). The van der Waals surface area contributed by atoms with Crippen molar-refractivity contribution in [1.29, 1.82) is 0 Å². The van der Waals surface area contributed by atoms with E-state index in [4.69, 9.17) is 26.8 Å². The van der Waals surface area contributed by atoms with Gasteiger partial charge < -0.3 is 15.2 Å². The maximum absolute atomic E-state index is 6.15. The summed E-state index contributed by atoms with van der Waals surface area (Å²) in [5.74, 6) is 1.24. The van der Waals surface area contributed by atoms with E-state index < -0.39 is 0 Å². The molecular formula is C13H15ClN2O2S. The Kier molecular flexibility index (Phi) is 4.29. The summed E-state index contributed by atoms with van der Waals surface area (Å²) in [6.07, 6.45) is 0. The summed E-state index contributed by atoms with van der Waals surface area (Å²) >= 11 is 7.67. The third kappa shape index (κ3) is 2.83. The fourth-order valence-electron chi connectivity index (χ4n) is 1.68. The van der Waals surface area contributed by atoms with E-state index in [1.54, 1.807) is 26.4 Å². The SMILES string of the molecule is COc1cc(OC)c(-c2csc(C(C)N)n2)cc1Cl. The zero-order valence-corrected chi connectivity index (χ0v) is 12.5. The Morgan fingerprint density at radius 2 is 1.95 bits per heavy atom. The van der Waals surface area contributed by atoms with Crippen LogP contribution in [0.5, 0.6) is 11.5 Å². The minimum Gasteiger partial charge on any atom is -0.496 e. The van der Waals surface area contributed by atoms with Gasteiger partial charge in [0.2, 0.25) is 0 Å². The number of rotatable bonds is 4. The molecule has 2 aromatic rings. The van der Waals surface area contributed by atoms with Gasteiger partial charge in [0.25, 0.3) is 0 Å². The standard InChI is InChI=1S/C13H15ClN2O2S/c1-7(15)13-16-10(6-19-13)8-4-9(14)12(18-3)5-11(8)17-2/h4-7H,15H2,1-3H3. The Bertz CT molecular complexity index is 584. The number of ether oxygens (including phenoxy) is 2. The summed E-state index contributed by atoms with van der Waals surface area (Å²) in [5, 5.41) is 3.34. The van der Waals surface area contributed by atoms with Crippen molar-refractivity contribution >= 4 is 22.9 Å². The van der Waals surface area contributed by atoms with Crippen LogP contribution in [0.2, 0.25) is 5.02 Å². The van der Waals surface area contributed by atoms with Gasteiger partial charge in [0.05, 0.1) is 31.0 Å². The Morgan fingerprint density at radius 3 is 2.47 bits per heavy atom. The summed E-state index contributed by atoms with van der Waals surface area (Å²) < 4.78 is 10.5. The number of nitrogens with zero attached hydrogens (tertiary/aromatic N) is 1. The third-order valence-corrected chi connectivity index (χ3v) is 4.00. The van der Waals surface area contributed by atoms with Crippen LogP contribution in [0.1, 0.15) is 18.0 Å². The molecule has 0 bridgehead atoms. The summed E-state index contributed by atoms with van der Waals surface area (Å²) in [4.78, 5) is 4.50. The Balaban J connectivity index is 2.51. The molecule has 0 saturated carbocycles. The van der Waals surface area contributed by atoms with Gasteiger partial charge in [0.15, 0.2) is 0 Å². The fourth-order valence-corrected chi connectivity index (χ4v) is 2.70. The minimum atomic E-state index is -0.0848. The maximum atomic E-state index is 6.15. The monoisotopic (exact) mass is 298 g/mol. The molecular weight excluding hydrogens is 284 g/mol. The van der Waals surface area contributed by atoms with Crippen LogP contribution >= 0.6 is 22.9 Å². The van der Waals surface area contributed by atoms with Crippen LogP contribution in [0.15, 0.2) is 17.5 Å². The van der Waals surface area contributed by atoms with Gasteiger partial charge in [-0.15, -0.1) is 11.3 Å². The molecule has 102 valence electrons. The number of hydrogen-bond donors (Lipinski definition) is 1. The van der Waals surface area contributed by atoms with Gasteiger partial charge in [-0.2, -0.15) is 0 Å². The van der Waals surface area contributed by atoms with E-state index in [1.165, 1.54) is 11.3 Å². The smallest absolute Gasteiger partial charge is 0.141 e. The molecule has 0 fully saturated rings. The molecule has 6 heteroatoms. The van der Waals surface area contributed by atoms with E-state index in [1.807, 2.05) is 12.3 Å². The number of benzene rings is 1. The van der Waals surface area contributed by atoms with Crippen LogP contribution in [-0.4, -0.2) is 19.2 Å². The van der Waals surface area contributed by atoms with E-state index in [0.29, 0.717) is 16.5 Å². The normalized spacial score (nSPS) is 12.3. The first-order valence-corrected chi connectivity index (χ1v) is 6.95. The number of hydrogen-bond acceptors (Lipinski definition) is 5. The topological polar surface area (TPSA) is 57.4 Å². The second-order valence-corrected chi connectivity index (χ2v) is 5.34. The van der Waals surface area contributed by atoms with Gasteiger partial charge in [-0.3, -0.25) is 0 Å². The van der Waals surface area contributed by atoms with Crippen LogP contribution in [0.4, 0.5) is 0 Å². The first-order chi connectivity index (χ1) is 9.06. The van der Waals surface area contributed by atoms with Crippen molar-refractivity contribution in [3.63, 3.8) is 0 Å². The minimum absolute atomic E-state index is 0.0848. The molecule has 0 aliphatic rings. The van der Waals surface area contributed by atoms with Crippen molar-refractivity contribution < 1.29 is 9.47 Å². The summed E-state index contributed by atoms with van der Waals surface area (Å²) in [6, 6.07) is 3.46. The van der Waals surface area contributed by atoms with Crippen molar-refractivity contribution in [1.82, 2.24) is 4.98 Å². The zero-order valence-electron chi connectivity index (χ0n) is 10.9. The highest BCUT2D eigenvalue weighted by atomic mass is 35.5. The average molecular weight is 299 g/mol. The molecule has 1 aromatic carbocycles. The average Bonchev–Trinajstić information content (AvgIpc) is 2.88. The maximum Gasteiger partial charge on any atom is 0.141 e. The van der Waals surface area contributed by atoms with Gasteiger partial charge >= 0.3 is 0 Å². The van der Waals surface area contributed by atoms with Crippen LogP contribution < -0.4 is 15.2 Å². The predicted octanol–water partition coefficient (Wildman–Crippen LogP) is 3.50. The number of nitrogens with two attached hydrogens (primary N) is 1. The van der Waals surface area contributed by atoms with Gasteiger partial charge in [0.1, 0.15) is 16.5 Å². The first-order valence-electron chi connectivity index (χ1n) is 5.69. The predicted molar refractivity (Wildman–Crippen MR) is 78.3 cm³/mol. The quantitative estimate of drug-likeness (QED) is 0.938.